The summed E-state index contributed by atoms with van der Waals surface area (Å²) in [6.07, 6.45) is 5.23. The van der Waals surface area contributed by atoms with Gasteiger partial charge in [-0.1, -0.05) is 33.3 Å². The van der Waals surface area contributed by atoms with Crippen LogP contribution >= 0.6 is 11.3 Å². The number of esters is 1. The van der Waals surface area contributed by atoms with Crippen molar-refractivity contribution < 1.29 is 9.53 Å². The number of hydrogen-bond donors (Lipinski definition) is 0. The third kappa shape index (κ3) is 2.83. The first kappa shape index (κ1) is 19.6. The molecule has 4 heteroatoms. The second kappa shape index (κ2) is 6.98. The molecule has 1 fully saturated rings. The van der Waals surface area contributed by atoms with Crippen molar-refractivity contribution in [2.45, 2.75) is 71.1 Å². The first-order valence-electron chi connectivity index (χ1n) is 10.5. The van der Waals surface area contributed by atoms with Crippen molar-refractivity contribution in [2.75, 3.05) is 7.11 Å². The molecule has 0 saturated heterocycles. The largest absolute Gasteiger partial charge is 0.469 e. The zero-order valence-corrected chi connectivity index (χ0v) is 18.5. The molecule has 1 saturated carbocycles. The molecule has 4 rings (SSSR count). The fraction of sp³-hybridized carbons (Fsp3) is 0.583. The number of carbonyl (C=O) groups excluding carboxylic acids is 1. The Balaban J connectivity index is 1.88. The highest BCUT2D eigenvalue weighted by Crippen LogP contribution is 2.58. The number of ether oxygens (including phenoxy) is 1. The maximum absolute atomic E-state index is 12.8. The number of benzene rings is 1. The minimum absolute atomic E-state index is 0.00898. The summed E-state index contributed by atoms with van der Waals surface area (Å²) in [7, 11) is 1.53. The third-order valence-electron chi connectivity index (χ3n) is 7.51. The summed E-state index contributed by atoms with van der Waals surface area (Å²) in [6, 6.07) is 4.84. The van der Waals surface area contributed by atoms with Gasteiger partial charge in [-0.3, -0.25) is 4.79 Å². The standard InChI is InChI=1S/C24H31NO2S/c1-15(2)17-11-16-7-8-21-23(3,9-6-10-24(21,4)22(26)27-5)19(16)12-18(17)20-13-28-14-25-20/h11-15,21H,6-10H2,1-5H3/t21-,23-,24-/m1/s1. The van der Waals surface area contributed by atoms with E-state index in [0.29, 0.717) is 11.8 Å². The molecular formula is C24H31NO2S. The average molecular weight is 398 g/mol. The van der Waals surface area contributed by atoms with E-state index in [4.69, 9.17) is 4.74 Å². The van der Waals surface area contributed by atoms with Crippen LogP contribution in [0.1, 0.15) is 76.0 Å². The van der Waals surface area contributed by atoms with E-state index in [9.17, 15) is 4.79 Å². The normalized spacial score (nSPS) is 29.3. The molecule has 0 unspecified atom stereocenters. The molecule has 2 aliphatic carbocycles. The number of methoxy groups -OCH3 is 1. The summed E-state index contributed by atoms with van der Waals surface area (Å²) in [5.41, 5.74) is 8.17. The van der Waals surface area contributed by atoms with Crippen molar-refractivity contribution in [1.82, 2.24) is 4.98 Å². The van der Waals surface area contributed by atoms with Crippen molar-refractivity contribution in [3.8, 4) is 11.3 Å². The molecular weight excluding hydrogens is 366 g/mol. The van der Waals surface area contributed by atoms with Gasteiger partial charge in [-0.2, -0.15) is 0 Å². The molecule has 150 valence electrons. The maximum atomic E-state index is 12.8. The Morgan fingerprint density at radius 3 is 2.71 bits per heavy atom. The highest BCUT2D eigenvalue weighted by Gasteiger charge is 2.55. The summed E-state index contributed by atoms with van der Waals surface area (Å²) >= 11 is 1.65. The van der Waals surface area contributed by atoms with Crippen molar-refractivity contribution >= 4 is 17.3 Å². The van der Waals surface area contributed by atoms with E-state index in [2.05, 4.69) is 50.2 Å². The van der Waals surface area contributed by atoms with Gasteiger partial charge < -0.3 is 4.74 Å². The van der Waals surface area contributed by atoms with Gasteiger partial charge >= 0.3 is 5.97 Å². The molecule has 0 radical (unpaired) electrons. The van der Waals surface area contributed by atoms with Gasteiger partial charge in [-0.15, -0.1) is 11.3 Å². The van der Waals surface area contributed by atoms with Crippen LogP contribution in [0.4, 0.5) is 0 Å². The number of aromatic nitrogens is 1. The fourth-order valence-electron chi connectivity index (χ4n) is 6.06. The number of rotatable bonds is 3. The average Bonchev–Trinajstić information content (AvgIpc) is 3.20. The van der Waals surface area contributed by atoms with Gasteiger partial charge in [-0.25, -0.2) is 4.98 Å². The summed E-state index contributed by atoms with van der Waals surface area (Å²) in [5, 5.41) is 2.15. The lowest BCUT2D eigenvalue weighted by Crippen LogP contribution is -2.52. The topological polar surface area (TPSA) is 39.2 Å². The maximum Gasteiger partial charge on any atom is 0.311 e. The Kier molecular flexibility index (Phi) is 4.89. The van der Waals surface area contributed by atoms with Crippen LogP contribution in [0.3, 0.4) is 0 Å². The Labute approximate surface area is 172 Å². The van der Waals surface area contributed by atoms with Crippen LogP contribution < -0.4 is 0 Å². The Bertz CT molecular complexity index is 888. The number of nitrogens with zero attached hydrogens (tertiary/aromatic N) is 1. The highest BCUT2D eigenvalue weighted by atomic mass is 32.1. The molecule has 0 aliphatic heterocycles. The molecule has 1 aromatic heterocycles. The number of fused-ring (bicyclic) bond motifs is 3. The van der Waals surface area contributed by atoms with Crippen LogP contribution in [-0.4, -0.2) is 18.1 Å². The van der Waals surface area contributed by atoms with Gasteiger partial charge in [0.05, 0.1) is 23.7 Å². The quantitative estimate of drug-likeness (QED) is 0.586. The zero-order valence-electron chi connectivity index (χ0n) is 17.7. The van der Waals surface area contributed by atoms with Gasteiger partial charge in [0.1, 0.15) is 0 Å². The molecule has 28 heavy (non-hydrogen) atoms. The summed E-state index contributed by atoms with van der Waals surface area (Å²) < 4.78 is 5.26. The van der Waals surface area contributed by atoms with Crippen molar-refractivity contribution in [1.29, 1.82) is 0 Å². The Morgan fingerprint density at radius 2 is 2.07 bits per heavy atom. The first-order valence-corrected chi connectivity index (χ1v) is 11.4. The lowest BCUT2D eigenvalue weighted by molar-refractivity contribution is -0.161. The summed E-state index contributed by atoms with van der Waals surface area (Å²) in [4.78, 5) is 17.4. The highest BCUT2D eigenvalue weighted by molar-refractivity contribution is 7.07. The van der Waals surface area contributed by atoms with E-state index in [1.807, 2.05) is 5.51 Å². The first-order chi connectivity index (χ1) is 13.3. The number of hydrogen-bond acceptors (Lipinski definition) is 4. The minimum atomic E-state index is -0.392. The SMILES string of the molecule is COC(=O)[C@]1(C)CCC[C@]2(C)c3cc(-c4cscn4)c(C(C)C)cc3CC[C@@H]12. The molecule has 1 aromatic carbocycles. The van der Waals surface area contributed by atoms with E-state index >= 15 is 0 Å². The summed E-state index contributed by atoms with van der Waals surface area (Å²) in [6.45, 7) is 9.05. The predicted octanol–water partition coefficient (Wildman–Crippen LogP) is 6.12. The second-order valence-corrected chi connectivity index (χ2v) is 10.1. The third-order valence-corrected chi connectivity index (χ3v) is 8.09. The molecule has 0 amide bonds. The number of thiazole rings is 1. The molecule has 2 aromatic rings. The molecule has 3 atom stereocenters. The smallest absolute Gasteiger partial charge is 0.311 e. The van der Waals surface area contributed by atoms with Gasteiger partial charge in [0.15, 0.2) is 0 Å². The van der Waals surface area contributed by atoms with Gasteiger partial charge in [0.25, 0.3) is 0 Å². The Hall–Kier alpha value is -1.68. The van der Waals surface area contributed by atoms with Crippen LogP contribution in [0.5, 0.6) is 0 Å². The van der Waals surface area contributed by atoms with E-state index in [0.717, 1.165) is 37.8 Å². The predicted molar refractivity (Wildman–Crippen MR) is 115 cm³/mol. The van der Waals surface area contributed by atoms with Crippen molar-refractivity contribution in [3.05, 3.63) is 39.7 Å². The van der Waals surface area contributed by atoms with Gasteiger partial charge in [0.2, 0.25) is 0 Å². The lowest BCUT2D eigenvalue weighted by Gasteiger charge is -2.54. The van der Waals surface area contributed by atoms with Crippen LogP contribution in [0.15, 0.2) is 23.0 Å². The lowest BCUT2D eigenvalue weighted by atomic mass is 9.49. The molecule has 2 aliphatic rings. The van der Waals surface area contributed by atoms with Gasteiger partial charge in [0, 0.05) is 10.9 Å². The van der Waals surface area contributed by atoms with E-state index in [1.54, 1.807) is 11.3 Å². The van der Waals surface area contributed by atoms with Crippen LogP contribution in [0.2, 0.25) is 0 Å². The number of carbonyl (C=O) groups is 1. The van der Waals surface area contributed by atoms with Crippen molar-refractivity contribution in [3.63, 3.8) is 0 Å². The second-order valence-electron chi connectivity index (χ2n) is 9.40. The van der Waals surface area contributed by atoms with Crippen LogP contribution in [-0.2, 0) is 21.4 Å². The molecule has 1 heterocycles. The van der Waals surface area contributed by atoms with E-state index < -0.39 is 5.41 Å². The molecule has 0 spiro atoms. The fourth-order valence-corrected chi connectivity index (χ4v) is 6.61. The minimum Gasteiger partial charge on any atom is -0.469 e. The van der Waals surface area contributed by atoms with Gasteiger partial charge in [-0.05, 0) is 72.6 Å². The van der Waals surface area contributed by atoms with Crippen molar-refractivity contribution in [2.24, 2.45) is 11.3 Å². The molecule has 0 bridgehead atoms. The Morgan fingerprint density at radius 1 is 1.29 bits per heavy atom. The summed E-state index contributed by atoms with van der Waals surface area (Å²) in [5.74, 6) is 0.742. The zero-order chi connectivity index (χ0) is 20.1. The van der Waals surface area contributed by atoms with E-state index in [1.165, 1.54) is 29.4 Å². The number of aryl methyl sites for hydroxylation is 1. The van der Waals surface area contributed by atoms with Crippen LogP contribution in [0.25, 0.3) is 11.3 Å². The molecule has 0 N–H and O–H groups in total. The molecule has 3 nitrogen and oxygen atoms in total. The van der Waals surface area contributed by atoms with E-state index in [-0.39, 0.29) is 11.4 Å². The van der Waals surface area contributed by atoms with Crippen LogP contribution in [0, 0.1) is 11.3 Å². The monoisotopic (exact) mass is 397 g/mol.